The number of aliphatic carboxylic acids is 1. The van der Waals surface area contributed by atoms with Gasteiger partial charge in [0.2, 0.25) is 0 Å². The summed E-state index contributed by atoms with van der Waals surface area (Å²) in [4.78, 5) is 21.2. The Balaban J connectivity index is 4.28. The maximum atomic E-state index is 10.8. The molecule has 0 aromatic rings. The van der Waals surface area contributed by atoms with E-state index in [0.29, 0.717) is 5.01 Å². The predicted molar refractivity (Wildman–Crippen MR) is 44.4 cm³/mol. The summed E-state index contributed by atoms with van der Waals surface area (Å²) in [6.45, 7) is 3.13. The minimum atomic E-state index is -1.14. The zero-order valence-corrected chi connectivity index (χ0v) is 7.48. The summed E-state index contributed by atoms with van der Waals surface area (Å²) >= 11 is 0. The molecule has 0 aliphatic heterocycles. The molecule has 0 spiro atoms. The van der Waals surface area contributed by atoms with Crippen molar-refractivity contribution in [1.82, 2.24) is 5.01 Å². The lowest BCUT2D eigenvalue weighted by atomic mass is 10.3. The molecule has 6 heteroatoms. The zero-order chi connectivity index (χ0) is 10.4. The van der Waals surface area contributed by atoms with E-state index in [1.165, 1.54) is 6.92 Å². The Kier molecular flexibility index (Phi) is 4.53. The van der Waals surface area contributed by atoms with Crippen LogP contribution in [0.2, 0.25) is 0 Å². The molecule has 0 atom stereocenters. The Morgan fingerprint density at radius 3 is 2.54 bits per heavy atom. The molecule has 3 N–H and O–H groups in total. The number of ether oxygens (including phenoxy) is 1. The van der Waals surface area contributed by atoms with Crippen molar-refractivity contribution in [3.8, 4) is 0 Å². The topological polar surface area (TPSA) is 92.9 Å². The van der Waals surface area contributed by atoms with E-state index in [1.807, 2.05) is 0 Å². The Labute approximate surface area is 75.5 Å². The van der Waals surface area contributed by atoms with Gasteiger partial charge < -0.3 is 9.84 Å². The van der Waals surface area contributed by atoms with Crippen LogP contribution in [0.25, 0.3) is 0 Å². The molecule has 1 amide bonds. The maximum absolute atomic E-state index is 10.8. The summed E-state index contributed by atoms with van der Waals surface area (Å²) in [5.74, 6) is 4.02. The van der Waals surface area contributed by atoms with Gasteiger partial charge in [0.15, 0.2) is 0 Å². The summed E-state index contributed by atoms with van der Waals surface area (Å²) in [5, 5.41) is 9.03. The van der Waals surface area contributed by atoms with Gasteiger partial charge >= 0.3 is 12.1 Å². The number of rotatable bonds is 3. The lowest BCUT2D eigenvalue weighted by Crippen LogP contribution is -2.33. The van der Waals surface area contributed by atoms with Crippen molar-refractivity contribution in [2.24, 2.45) is 5.84 Å². The standard InChI is InChI=1S/C7H12N2O4/c1-3-13-7(12)9(8)4-5(2)6(10)11/h4H,3,8H2,1-2H3,(H,10,11). The van der Waals surface area contributed by atoms with Crippen LogP contribution in [0.15, 0.2) is 11.8 Å². The average molecular weight is 188 g/mol. The summed E-state index contributed by atoms with van der Waals surface area (Å²) in [6.07, 6.45) is 0.198. The molecule has 0 rings (SSSR count). The third kappa shape index (κ3) is 4.12. The first kappa shape index (κ1) is 11.4. The Hall–Kier alpha value is -1.56. The van der Waals surface area contributed by atoms with Gasteiger partial charge in [0.25, 0.3) is 0 Å². The molecule has 0 radical (unpaired) electrons. The molecule has 74 valence electrons. The first-order valence-corrected chi connectivity index (χ1v) is 3.61. The molecular weight excluding hydrogens is 176 g/mol. The maximum Gasteiger partial charge on any atom is 0.428 e. The van der Waals surface area contributed by atoms with Crippen molar-refractivity contribution >= 4 is 12.1 Å². The van der Waals surface area contributed by atoms with Crippen LogP contribution >= 0.6 is 0 Å². The van der Waals surface area contributed by atoms with E-state index in [9.17, 15) is 9.59 Å². The van der Waals surface area contributed by atoms with Crippen LogP contribution in [-0.4, -0.2) is 28.8 Å². The highest BCUT2D eigenvalue weighted by atomic mass is 16.6. The lowest BCUT2D eigenvalue weighted by Gasteiger charge is -2.10. The molecule has 0 saturated carbocycles. The number of hydrogen-bond acceptors (Lipinski definition) is 4. The van der Waals surface area contributed by atoms with E-state index < -0.39 is 12.1 Å². The molecular formula is C7H12N2O4. The minimum absolute atomic E-state index is 0.0458. The predicted octanol–water partition coefficient (Wildman–Crippen LogP) is 0.307. The first-order chi connectivity index (χ1) is 5.99. The molecule has 0 fully saturated rings. The molecule has 0 saturated heterocycles. The van der Waals surface area contributed by atoms with Crippen molar-refractivity contribution in [1.29, 1.82) is 0 Å². The lowest BCUT2D eigenvalue weighted by molar-refractivity contribution is -0.132. The average Bonchev–Trinajstić information content (AvgIpc) is 2.04. The van der Waals surface area contributed by atoms with E-state index in [-0.39, 0.29) is 12.2 Å². The number of amides is 1. The number of nitrogens with zero attached hydrogens (tertiary/aromatic N) is 1. The number of nitrogens with two attached hydrogens (primary N) is 1. The van der Waals surface area contributed by atoms with Crippen molar-refractivity contribution in [2.75, 3.05) is 6.61 Å². The molecule has 0 aliphatic rings. The molecule has 0 heterocycles. The van der Waals surface area contributed by atoms with Gasteiger partial charge in [0.05, 0.1) is 12.2 Å². The second kappa shape index (κ2) is 5.15. The fraction of sp³-hybridized carbons (Fsp3) is 0.429. The summed E-state index contributed by atoms with van der Waals surface area (Å²) < 4.78 is 4.51. The third-order valence-corrected chi connectivity index (χ3v) is 1.15. The van der Waals surface area contributed by atoms with Gasteiger partial charge in [0.1, 0.15) is 0 Å². The van der Waals surface area contributed by atoms with Gasteiger partial charge in [-0.05, 0) is 13.8 Å². The van der Waals surface area contributed by atoms with E-state index in [0.717, 1.165) is 6.20 Å². The fourth-order valence-corrected chi connectivity index (χ4v) is 0.515. The SMILES string of the molecule is CCOC(=O)N(N)C=C(C)C(=O)O. The van der Waals surface area contributed by atoms with E-state index >= 15 is 0 Å². The summed E-state index contributed by atoms with van der Waals surface area (Å²) in [6, 6.07) is 0. The van der Waals surface area contributed by atoms with Gasteiger partial charge in [0, 0.05) is 6.20 Å². The van der Waals surface area contributed by atoms with Crippen LogP contribution in [0.4, 0.5) is 4.79 Å². The second-order valence-corrected chi connectivity index (χ2v) is 2.22. The fourth-order valence-electron chi connectivity index (χ4n) is 0.515. The van der Waals surface area contributed by atoms with Crippen molar-refractivity contribution in [2.45, 2.75) is 13.8 Å². The smallest absolute Gasteiger partial charge is 0.428 e. The number of hydrazine groups is 1. The molecule has 0 aliphatic carbocycles. The second-order valence-electron chi connectivity index (χ2n) is 2.22. The largest absolute Gasteiger partial charge is 0.478 e. The molecule has 0 bridgehead atoms. The highest BCUT2D eigenvalue weighted by molar-refractivity contribution is 5.86. The molecule has 13 heavy (non-hydrogen) atoms. The molecule has 0 aromatic heterocycles. The van der Waals surface area contributed by atoms with Crippen LogP contribution in [-0.2, 0) is 9.53 Å². The van der Waals surface area contributed by atoms with E-state index in [1.54, 1.807) is 6.92 Å². The van der Waals surface area contributed by atoms with Crippen LogP contribution in [0.3, 0.4) is 0 Å². The third-order valence-electron chi connectivity index (χ3n) is 1.15. The van der Waals surface area contributed by atoms with Crippen molar-refractivity contribution < 1.29 is 19.4 Å². The van der Waals surface area contributed by atoms with Gasteiger partial charge in [-0.15, -0.1) is 0 Å². The summed E-state index contributed by atoms with van der Waals surface area (Å²) in [7, 11) is 0. The Morgan fingerprint density at radius 1 is 1.62 bits per heavy atom. The van der Waals surface area contributed by atoms with Gasteiger partial charge in [-0.1, -0.05) is 0 Å². The van der Waals surface area contributed by atoms with Gasteiger partial charge in [-0.3, -0.25) is 0 Å². The summed E-state index contributed by atoms with van der Waals surface area (Å²) in [5.41, 5.74) is -0.0458. The van der Waals surface area contributed by atoms with E-state index in [2.05, 4.69) is 4.74 Å². The highest BCUT2D eigenvalue weighted by Gasteiger charge is 2.09. The first-order valence-electron chi connectivity index (χ1n) is 3.61. The van der Waals surface area contributed by atoms with Crippen molar-refractivity contribution in [3.05, 3.63) is 11.8 Å². The number of hydrogen-bond donors (Lipinski definition) is 2. The van der Waals surface area contributed by atoms with Crippen LogP contribution in [0.1, 0.15) is 13.8 Å². The number of carboxylic acids is 1. The van der Waals surface area contributed by atoms with Crippen molar-refractivity contribution in [3.63, 3.8) is 0 Å². The van der Waals surface area contributed by atoms with Crippen LogP contribution in [0, 0.1) is 0 Å². The number of carbonyl (C=O) groups excluding carboxylic acids is 1. The monoisotopic (exact) mass is 188 g/mol. The molecule has 0 aromatic carbocycles. The van der Waals surface area contributed by atoms with Crippen LogP contribution < -0.4 is 5.84 Å². The number of carbonyl (C=O) groups is 2. The number of carboxylic acid groups (broad SMARTS) is 1. The molecule has 0 unspecified atom stereocenters. The quantitative estimate of drug-likeness (QED) is 0.287. The van der Waals surface area contributed by atoms with E-state index in [4.69, 9.17) is 10.9 Å². The zero-order valence-electron chi connectivity index (χ0n) is 7.48. The molecule has 6 nitrogen and oxygen atoms in total. The van der Waals surface area contributed by atoms with Crippen LogP contribution in [0.5, 0.6) is 0 Å². The highest BCUT2D eigenvalue weighted by Crippen LogP contribution is 1.95. The minimum Gasteiger partial charge on any atom is -0.478 e. The van der Waals surface area contributed by atoms with Gasteiger partial charge in [-0.25, -0.2) is 20.4 Å². The normalized spacial score (nSPS) is 10.8. The Morgan fingerprint density at radius 2 is 2.15 bits per heavy atom. The Bertz CT molecular complexity index is 237. The van der Waals surface area contributed by atoms with Gasteiger partial charge in [-0.2, -0.15) is 0 Å².